The summed E-state index contributed by atoms with van der Waals surface area (Å²) in [5.74, 6) is -0.185. The van der Waals surface area contributed by atoms with E-state index in [-0.39, 0.29) is 5.76 Å². The van der Waals surface area contributed by atoms with Crippen molar-refractivity contribution in [3.8, 4) is 0 Å². The molecule has 0 aliphatic heterocycles. The van der Waals surface area contributed by atoms with Crippen LogP contribution in [-0.4, -0.2) is 23.1 Å². The molecule has 0 heterocycles. The van der Waals surface area contributed by atoms with Gasteiger partial charge in [-0.15, -0.1) is 0 Å². The second kappa shape index (κ2) is 2.82. The first kappa shape index (κ1) is 10.4. The van der Waals surface area contributed by atoms with E-state index < -0.39 is 18.0 Å². The molecule has 0 spiro atoms. The van der Waals surface area contributed by atoms with Crippen molar-refractivity contribution >= 4 is 18.0 Å². The molecule has 0 fully saturated rings. The van der Waals surface area contributed by atoms with Crippen molar-refractivity contribution in [2.24, 2.45) is 0 Å². The third-order valence-electron chi connectivity index (χ3n) is 0.615. The van der Waals surface area contributed by atoms with E-state index in [4.69, 9.17) is 0 Å². The van der Waals surface area contributed by atoms with Gasteiger partial charge >= 0.3 is 9.15 Å². The second-order valence-electron chi connectivity index (χ2n) is 1.90. The van der Waals surface area contributed by atoms with Crippen LogP contribution < -0.4 is 0 Å². The Bertz CT molecular complexity index is 346. The largest absolute Gasteiger partial charge is 0.418 e. The normalized spacial score (nSPS) is 12.5. The summed E-state index contributed by atoms with van der Waals surface area (Å²) in [4.78, 5) is 0. The Labute approximate surface area is 65.1 Å². The van der Waals surface area contributed by atoms with Crippen LogP contribution in [0.4, 0.5) is 0 Å². The van der Waals surface area contributed by atoms with Crippen LogP contribution in [0.25, 0.3) is 0 Å². The summed E-state index contributed by atoms with van der Waals surface area (Å²) < 4.78 is 46.0. The van der Waals surface area contributed by atoms with Crippen molar-refractivity contribution in [1.29, 1.82) is 0 Å². The van der Waals surface area contributed by atoms with Gasteiger partial charge in [0.05, 0.1) is 6.26 Å². The summed E-state index contributed by atoms with van der Waals surface area (Å²) in [6.07, 6.45) is 0.547. The highest BCUT2D eigenvalue weighted by Crippen LogP contribution is 2.06. The molecule has 0 radical (unpaired) electrons. The fraction of sp³-hybridized carbons (Fsp3) is 0.500. The van der Waals surface area contributed by atoms with E-state index in [1.807, 2.05) is 0 Å². The molecule has 0 unspecified atom stereocenters. The van der Waals surface area contributed by atoms with Crippen molar-refractivity contribution in [2.45, 2.75) is 6.92 Å². The molecule has 0 aliphatic carbocycles. The molecule has 0 saturated carbocycles. The van der Waals surface area contributed by atoms with Gasteiger partial charge in [-0.2, -0.15) is 8.42 Å². The van der Waals surface area contributed by atoms with Gasteiger partial charge in [0.15, 0.2) is 0 Å². The Morgan fingerprint density at radius 3 is 1.73 bits per heavy atom. The first-order valence-electron chi connectivity index (χ1n) is 2.47. The third kappa shape index (κ3) is 2.89. The first-order valence-corrected chi connectivity index (χ1v) is 6.28. The monoisotopic (exact) mass is 200 g/mol. The Kier molecular flexibility index (Phi) is 2.68. The highest BCUT2D eigenvalue weighted by Gasteiger charge is 2.25. The standard InChI is InChI=1S/C4H8O5S2/c1-4(2)9-11(7,8)10(3,5)6/h1H2,2-3H3. The van der Waals surface area contributed by atoms with E-state index in [1.165, 1.54) is 6.92 Å². The summed E-state index contributed by atoms with van der Waals surface area (Å²) in [6.45, 7) is 4.33. The molecule has 0 rings (SSSR count). The van der Waals surface area contributed by atoms with Crippen LogP contribution in [0.2, 0.25) is 0 Å². The maximum atomic E-state index is 10.6. The van der Waals surface area contributed by atoms with E-state index >= 15 is 0 Å². The highest BCUT2D eigenvalue weighted by molar-refractivity contribution is 8.65. The molecule has 0 saturated heterocycles. The molecule has 5 nitrogen and oxygen atoms in total. The summed E-state index contributed by atoms with van der Waals surface area (Å²) in [5.41, 5.74) is 0. The topological polar surface area (TPSA) is 77.5 Å². The van der Waals surface area contributed by atoms with Gasteiger partial charge in [0, 0.05) is 0 Å². The molecule has 11 heavy (non-hydrogen) atoms. The van der Waals surface area contributed by atoms with Crippen LogP contribution in [0.1, 0.15) is 6.92 Å². The van der Waals surface area contributed by atoms with Crippen LogP contribution in [0.3, 0.4) is 0 Å². The molecule has 0 amide bonds. The van der Waals surface area contributed by atoms with Crippen molar-refractivity contribution in [3.05, 3.63) is 12.3 Å². The van der Waals surface area contributed by atoms with Crippen LogP contribution in [0, 0.1) is 0 Å². The molecule has 0 atom stereocenters. The zero-order valence-corrected chi connectivity index (χ0v) is 7.70. The molecular weight excluding hydrogens is 192 g/mol. The predicted octanol–water partition coefficient (Wildman–Crippen LogP) is -0.174. The van der Waals surface area contributed by atoms with Crippen LogP contribution in [-0.2, 0) is 22.2 Å². The van der Waals surface area contributed by atoms with E-state index in [9.17, 15) is 16.8 Å². The van der Waals surface area contributed by atoms with Gasteiger partial charge in [0.1, 0.15) is 5.76 Å². The van der Waals surface area contributed by atoms with Crippen molar-refractivity contribution in [1.82, 2.24) is 0 Å². The maximum Gasteiger partial charge on any atom is 0.418 e. The summed E-state index contributed by atoms with van der Waals surface area (Å²) in [5, 5.41) is 0. The Morgan fingerprint density at radius 1 is 1.27 bits per heavy atom. The first-order chi connectivity index (χ1) is 4.67. The molecule has 0 aromatic heterocycles. The highest BCUT2D eigenvalue weighted by atomic mass is 33.2. The average molecular weight is 200 g/mol. The van der Waals surface area contributed by atoms with Gasteiger partial charge in [-0.05, 0) is 6.92 Å². The van der Waals surface area contributed by atoms with E-state index in [0.717, 1.165) is 0 Å². The van der Waals surface area contributed by atoms with Crippen LogP contribution in [0.15, 0.2) is 12.3 Å². The second-order valence-corrected chi connectivity index (χ2v) is 7.33. The molecule has 0 aliphatic rings. The average Bonchev–Trinajstić information content (AvgIpc) is 1.56. The number of allylic oxidation sites excluding steroid dienone is 1. The van der Waals surface area contributed by atoms with Crippen molar-refractivity contribution in [2.75, 3.05) is 6.26 Å². The summed E-state index contributed by atoms with van der Waals surface area (Å²) in [7, 11) is -8.73. The van der Waals surface area contributed by atoms with Crippen molar-refractivity contribution in [3.63, 3.8) is 0 Å². The molecule has 0 aromatic carbocycles. The van der Waals surface area contributed by atoms with E-state index in [2.05, 4.69) is 10.8 Å². The quantitative estimate of drug-likeness (QED) is 0.466. The molecule has 0 aromatic rings. The lowest BCUT2D eigenvalue weighted by Gasteiger charge is -2.01. The lowest BCUT2D eigenvalue weighted by Crippen LogP contribution is -2.15. The van der Waals surface area contributed by atoms with Crippen LogP contribution in [0.5, 0.6) is 0 Å². The van der Waals surface area contributed by atoms with Crippen LogP contribution >= 0.6 is 0 Å². The third-order valence-corrected chi connectivity index (χ3v) is 4.27. The van der Waals surface area contributed by atoms with Gasteiger partial charge < -0.3 is 4.18 Å². The Morgan fingerprint density at radius 2 is 1.64 bits per heavy atom. The predicted molar refractivity (Wildman–Crippen MR) is 39.7 cm³/mol. The summed E-state index contributed by atoms with van der Waals surface area (Å²) >= 11 is 0. The SMILES string of the molecule is C=C(C)OS(=O)(=O)S(C)(=O)=O. The fourth-order valence-electron chi connectivity index (χ4n) is 0.236. The summed E-state index contributed by atoms with van der Waals surface area (Å²) in [6, 6.07) is 0. The van der Waals surface area contributed by atoms with E-state index in [0.29, 0.717) is 6.26 Å². The molecule has 0 bridgehead atoms. The van der Waals surface area contributed by atoms with E-state index in [1.54, 1.807) is 0 Å². The zero-order chi connectivity index (χ0) is 9.28. The Hall–Kier alpha value is -0.560. The molecule has 0 N–H and O–H groups in total. The number of rotatable bonds is 3. The van der Waals surface area contributed by atoms with Crippen molar-refractivity contribution < 1.29 is 21.0 Å². The smallest absolute Gasteiger partial charge is 0.377 e. The minimum absolute atomic E-state index is 0.185. The molecule has 66 valence electrons. The van der Waals surface area contributed by atoms with Gasteiger partial charge in [-0.3, -0.25) is 0 Å². The van der Waals surface area contributed by atoms with Gasteiger partial charge in [-0.1, -0.05) is 6.58 Å². The Balaban J connectivity index is 4.96. The van der Waals surface area contributed by atoms with Gasteiger partial charge in [0.2, 0.25) is 0 Å². The minimum Gasteiger partial charge on any atom is -0.377 e. The number of hydrogen-bond acceptors (Lipinski definition) is 5. The fourth-order valence-corrected chi connectivity index (χ4v) is 1.43. The minimum atomic E-state index is -4.52. The lowest BCUT2D eigenvalue weighted by molar-refractivity contribution is 0.421. The van der Waals surface area contributed by atoms with Gasteiger partial charge in [-0.25, -0.2) is 8.42 Å². The maximum absolute atomic E-state index is 10.6. The molecular formula is C4H8O5S2. The number of hydrogen-bond donors (Lipinski definition) is 0. The molecule has 7 heteroatoms. The lowest BCUT2D eigenvalue weighted by atomic mass is 10.7. The zero-order valence-electron chi connectivity index (χ0n) is 6.06. The van der Waals surface area contributed by atoms with Gasteiger partial charge in [0.25, 0.3) is 8.87 Å².